The van der Waals surface area contributed by atoms with Crippen molar-refractivity contribution < 1.29 is 12.8 Å². The summed E-state index contributed by atoms with van der Waals surface area (Å²) < 4.78 is 40.0. The van der Waals surface area contributed by atoms with Gasteiger partial charge >= 0.3 is 0 Å². The molecule has 1 heterocycles. The number of hydrogen-bond acceptors (Lipinski definition) is 3. The first-order chi connectivity index (χ1) is 7.99. The molecule has 1 aromatic rings. The normalized spacial score (nSPS) is 22.4. The van der Waals surface area contributed by atoms with Gasteiger partial charge in [-0.25, -0.2) is 12.8 Å². The standard InChI is InChI=1S/C10H10BrFN2O2S/c11-8-3-6(12)4-9-10(8)17(15,16)13-5-14(9)7-1-2-7/h3-4,7,13H,1-2,5H2. The van der Waals surface area contributed by atoms with Crippen molar-refractivity contribution in [2.24, 2.45) is 0 Å². The summed E-state index contributed by atoms with van der Waals surface area (Å²) >= 11 is 3.12. The molecule has 0 aromatic heterocycles. The maximum atomic E-state index is 13.4. The summed E-state index contributed by atoms with van der Waals surface area (Å²) in [6.07, 6.45) is 2.05. The van der Waals surface area contributed by atoms with Crippen LogP contribution in [0.25, 0.3) is 0 Å². The van der Waals surface area contributed by atoms with Gasteiger partial charge in [-0.05, 0) is 40.9 Å². The lowest BCUT2D eigenvalue weighted by molar-refractivity contribution is 0.566. The first-order valence-electron chi connectivity index (χ1n) is 5.24. The number of anilines is 1. The van der Waals surface area contributed by atoms with Gasteiger partial charge in [0.15, 0.2) is 0 Å². The third kappa shape index (κ3) is 1.86. The van der Waals surface area contributed by atoms with E-state index in [1.165, 1.54) is 12.1 Å². The highest BCUT2D eigenvalue weighted by atomic mass is 79.9. The average Bonchev–Trinajstić information content (AvgIpc) is 2.99. The number of benzene rings is 1. The third-order valence-electron chi connectivity index (χ3n) is 2.98. The average molecular weight is 321 g/mol. The maximum absolute atomic E-state index is 13.4. The first-order valence-corrected chi connectivity index (χ1v) is 7.52. The van der Waals surface area contributed by atoms with Crippen LogP contribution in [0.2, 0.25) is 0 Å². The zero-order valence-corrected chi connectivity index (χ0v) is 11.2. The number of rotatable bonds is 1. The highest BCUT2D eigenvalue weighted by molar-refractivity contribution is 9.10. The number of fused-ring (bicyclic) bond motifs is 1. The van der Waals surface area contributed by atoms with Gasteiger partial charge in [0.2, 0.25) is 10.0 Å². The second-order valence-corrected chi connectivity index (χ2v) is 6.80. The van der Waals surface area contributed by atoms with Crippen LogP contribution in [0, 0.1) is 5.82 Å². The Morgan fingerprint density at radius 2 is 2.12 bits per heavy atom. The van der Waals surface area contributed by atoms with E-state index in [1.807, 2.05) is 4.90 Å². The molecule has 0 bridgehead atoms. The molecule has 3 rings (SSSR count). The molecule has 1 fully saturated rings. The van der Waals surface area contributed by atoms with Gasteiger partial charge in [-0.15, -0.1) is 0 Å². The molecule has 1 N–H and O–H groups in total. The molecule has 0 radical (unpaired) electrons. The minimum Gasteiger partial charge on any atom is -0.354 e. The van der Waals surface area contributed by atoms with Crippen molar-refractivity contribution in [3.8, 4) is 0 Å². The maximum Gasteiger partial charge on any atom is 0.245 e. The molecule has 0 atom stereocenters. The van der Waals surface area contributed by atoms with Crippen LogP contribution in [0.3, 0.4) is 0 Å². The molecule has 0 spiro atoms. The summed E-state index contributed by atoms with van der Waals surface area (Å²) in [5, 5.41) is 0. The SMILES string of the molecule is O=S1(=O)NCN(C2CC2)c2cc(F)cc(Br)c21. The van der Waals surface area contributed by atoms with E-state index in [9.17, 15) is 12.8 Å². The Kier molecular flexibility index (Phi) is 2.46. The van der Waals surface area contributed by atoms with Crippen LogP contribution in [-0.2, 0) is 10.0 Å². The van der Waals surface area contributed by atoms with Crippen molar-refractivity contribution in [2.45, 2.75) is 23.8 Å². The van der Waals surface area contributed by atoms with E-state index in [0.29, 0.717) is 11.7 Å². The van der Waals surface area contributed by atoms with E-state index in [2.05, 4.69) is 20.7 Å². The van der Waals surface area contributed by atoms with Gasteiger partial charge in [-0.2, -0.15) is 4.72 Å². The monoisotopic (exact) mass is 320 g/mol. The molecule has 0 unspecified atom stereocenters. The molecule has 1 aromatic carbocycles. The fraction of sp³-hybridized carbons (Fsp3) is 0.400. The van der Waals surface area contributed by atoms with Gasteiger partial charge in [-0.3, -0.25) is 0 Å². The molecule has 7 heteroatoms. The number of nitrogens with zero attached hydrogens (tertiary/aromatic N) is 1. The molecule has 2 aliphatic rings. The molecular weight excluding hydrogens is 311 g/mol. The summed E-state index contributed by atoms with van der Waals surface area (Å²) in [5.41, 5.74) is 0.457. The van der Waals surface area contributed by atoms with Crippen molar-refractivity contribution in [1.29, 1.82) is 0 Å². The van der Waals surface area contributed by atoms with E-state index < -0.39 is 15.8 Å². The Morgan fingerprint density at radius 1 is 1.41 bits per heavy atom. The molecular formula is C10H10BrFN2O2S. The highest BCUT2D eigenvalue weighted by Gasteiger charge is 2.38. The molecule has 1 saturated carbocycles. The number of halogens is 2. The van der Waals surface area contributed by atoms with E-state index in [-0.39, 0.29) is 16.0 Å². The van der Waals surface area contributed by atoms with Crippen LogP contribution in [0.4, 0.5) is 10.1 Å². The second kappa shape index (κ2) is 3.66. The Balaban J connectivity index is 2.24. The predicted octanol–water partition coefficient (Wildman–Crippen LogP) is 1.81. The summed E-state index contributed by atoms with van der Waals surface area (Å²) in [7, 11) is -3.53. The van der Waals surface area contributed by atoms with E-state index in [1.54, 1.807) is 0 Å². The minimum absolute atomic E-state index is 0.136. The minimum atomic E-state index is -3.53. The number of sulfonamides is 1. The smallest absolute Gasteiger partial charge is 0.245 e. The lowest BCUT2D eigenvalue weighted by Gasteiger charge is -2.32. The third-order valence-corrected chi connectivity index (χ3v) is 5.34. The zero-order chi connectivity index (χ0) is 12.2. The Bertz CT molecular complexity index is 586. The molecule has 1 aliphatic heterocycles. The zero-order valence-electron chi connectivity index (χ0n) is 8.78. The second-order valence-electron chi connectivity index (χ2n) is 4.24. The molecule has 1 aliphatic carbocycles. The fourth-order valence-corrected chi connectivity index (χ4v) is 4.33. The molecule has 4 nitrogen and oxygen atoms in total. The van der Waals surface area contributed by atoms with Crippen molar-refractivity contribution >= 4 is 31.6 Å². The highest BCUT2D eigenvalue weighted by Crippen LogP contribution is 2.40. The van der Waals surface area contributed by atoms with E-state index in [0.717, 1.165) is 12.8 Å². The summed E-state index contributed by atoms with van der Waals surface area (Å²) in [5.74, 6) is -0.432. The Morgan fingerprint density at radius 3 is 2.76 bits per heavy atom. The number of hydrogen-bond donors (Lipinski definition) is 1. The topological polar surface area (TPSA) is 49.4 Å². The summed E-state index contributed by atoms with van der Waals surface area (Å²) in [4.78, 5) is 2.04. The van der Waals surface area contributed by atoms with E-state index >= 15 is 0 Å². The predicted molar refractivity (Wildman–Crippen MR) is 64.8 cm³/mol. The van der Waals surface area contributed by atoms with Gasteiger partial charge in [0, 0.05) is 10.5 Å². The lowest BCUT2D eigenvalue weighted by Crippen LogP contribution is -2.44. The Labute approximate surface area is 107 Å². The van der Waals surface area contributed by atoms with Gasteiger partial charge in [0.25, 0.3) is 0 Å². The molecule has 0 saturated heterocycles. The summed E-state index contributed by atoms with van der Waals surface area (Å²) in [6.45, 7) is 0.218. The van der Waals surface area contributed by atoms with Crippen LogP contribution in [0.15, 0.2) is 21.5 Å². The molecule has 0 amide bonds. The molecule has 92 valence electrons. The molecule has 17 heavy (non-hydrogen) atoms. The van der Waals surface area contributed by atoms with Crippen LogP contribution in [-0.4, -0.2) is 21.1 Å². The largest absolute Gasteiger partial charge is 0.354 e. The fourth-order valence-electron chi connectivity index (χ4n) is 2.05. The van der Waals surface area contributed by atoms with Crippen LogP contribution < -0.4 is 9.62 Å². The van der Waals surface area contributed by atoms with Gasteiger partial charge in [0.1, 0.15) is 10.7 Å². The van der Waals surface area contributed by atoms with Crippen molar-refractivity contribution in [3.05, 3.63) is 22.4 Å². The van der Waals surface area contributed by atoms with Crippen LogP contribution in [0.5, 0.6) is 0 Å². The van der Waals surface area contributed by atoms with Gasteiger partial charge in [-0.1, -0.05) is 0 Å². The lowest BCUT2D eigenvalue weighted by atomic mass is 10.2. The van der Waals surface area contributed by atoms with Gasteiger partial charge < -0.3 is 4.90 Å². The van der Waals surface area contributed by atoms with Crippen molar-refractivity contribution in [1.82, 2.24) is 4.72 Å². The Hall–Kier alpha value is -0.660. The van der Waals surface area contributed by atoms with E-state index in [4.69, 9.17) is 0 Å². The van der Waals surface area contributed by atoms with Crippen LogP contribution in [0.1, 0.15) is 12.8 Å². The first kappa shape index (κ1) is 11.4. The van der Waals surface area contributed by atoms with Crippen LogP contribution >= 0.6 is 15.9 Å². The van der Waals surface area contributed by atoms with Crippen molar-refractivity contribution in [2.75, 3.05) is 11.6 Å². The number of nitrogens with one attached hydrogen (secondary N) is 1. The van der Waals surface area contributed by atoms with Gasteiger partial charge in [0.05, 0.1) is 12.4 Å². The summed E-state index contributed by atoms with van der Waals surface area (Å²) in [6, 6.07) is 2.79. The van der Waals surface area contributed by atoms with Crippen molar-refractivity contribution in [3.63, 3.8) is 0 Å². The quantitative estimate of drug-likeness (QED) is 0.858.